The summed E-state index contributed by atoms with van der Waals surface area (Å²) < 4.78 is 11.5. The van der Waals surface area contributed by atoms with E-state index in [9.17, 15) is 9.90 Å². The molecule has 1 saturated carbocycles. The number of ether oxygens (including phenoxy) is 2. The first-order chi connectivity index (χ1) is 13.7. The summed E-state index contributed by atoms with van der Waals surface area (Å²) in [6.45, 7) is 1.56. The predicted molar refractivity (Wildman–Crippen MR) is 105 cm³/mol. The highest BCUT2D eigenvalue weighted by atomic mass is 16.6. The summed E-state index contributed by atoms with van der Waals surface area (Å²) >= 11 is 0. The lowest BCUT2D eigenvalue weighted by molar-refractivity contribution is -0.0931. The average molecular weight is 379 g/mol. The molecule has 2 fully saturated rings. The molecule has 0 spiro atoms. The normalized spacial score (nSPS) is 24.0. The minimum Gasteiger partial charge on any atom is -0.448 e. The first-order valence-corrected chi connectivity index (χ1v) is 10.1. The van der Waals surface area contributed by atoms with Gasteiger partial charge in [-0.1, -0.05) is 48.5 Å². The lowest BCUT2D eigenvalue weighted by Crippen LogP contribution is -2.62. The molecule has 28 heavy (non-hydrogen) atoms. The molecule has 3 aliphatic rings. The standard InChI is InChI=1S/C23H25NO4/c25-14-23(16-9-10-16)15-27-12-11-24(23)22(26)28-13-21-19-7-3-1-5-17(19)18-6-2-4-8-20(18)21/h1-8,16,21,25H,9-15H2. The zero-order valence-electron chi connectivity index (χ0n) is 15.8. The molecule has 1 unspecified atom stereocenters. The lowest BCUT2D eigenvalue weighted by atomic mass is 9.92. The highest BCUT2D eigenvalue weighted by molar-refractivity contribution is 5.79. The van der Waals surface area contributed by atoms with E-state index < -0.39 is 5.54 Å². The Bertz CT molecular complexity index is 848. The van der Waals surface area contributed by atoms with Crippen LogP contribution in [0, 0.1) is 5.92 Å². The molecule has 5 nitrogen and oxygen atoms in total. The van der Waals surface area contributed by atoms with Crippen molar-refractivity contribution in [1.82, 2.24) is 4.90 Å². The molecule has 1 amide bonds. The van der Waals surface area contributed by atoms with Gasteiger partial charge in [0.2, 0.25) is 0 Å². The monoisotopic (exact) mass is 379 g/mol. The number of hydrogen-bond donors (Lipinski definition) is 1. The molecule has 1 saturated heterocycles. The van der Waals surface area contributed by atoms with Gasteiger partial charge in [0.15, 0.2) is 0 Å². The minimum absolute atomic E-state index is 0.0434. The third-order valence-corrected chi connectivity index (χ3v) is 6.52. The molecule has 2 aromatic carbocycles. The topological polar surface area (TPSA) is 59.0 Å². The average Bonchev–Trinajstić information content (AvgIpc) is 3.56. The molecule has 146 valence electrons. The van der Waals surface area contributed by atoms with E-state index in [0.29, 0.717) is 32.3 Å². The van der Waals surface area contributed by atoms with Crippen molar-refractivity contribution in [3.63, 3.8) is 0 Å². The van der Waals surface area contributed by atoms with Crippen molar-refractivity contribution in [3.8, 4) is 11.1 Å². The molecule has 0 radical (unpaired) electrons. The van der Waals surface area contributed by atoms with Crippen molar-refractivity contribution >= 4 is 6.09 Å². The maximum atomic E-state index is 13.0. The summed E-state index contributed by atoms with van der Waals surface area (Å²) in [4.78, 5) is 14.7. The molecule has 1 aliphatic heterocycles. The highest BCUT2D eigenvalue weighted by Crippen LogP contribution is 2.46. The summed E-state index contributed by atoms with van der Waals surface area (Å²) in [5.41, 5.74) is 4.21. The highest BCUT2D eigenvalue weighted by Gasteiger charge is 2.53. The summed E-state index contributed by atoms with van der Waals surface area (Å²) in [5, 5.41) is 10.1. The lowest BCUT2D eigenvalue weighted by Gasteiger charge is -2.45. The minimum atomic E-state index is -0.624. The van der Waals surface area contributed by atoms with Crippen molar-refractivity contribution in [2.45, 2.75) is 24.3 Å². The first-order valence-electron chi connectivity index (χ1n) is 10.1. The van der Waals surface area contributed by atoms with E-state index in [0.717, 1.165) is 12.8 Å². The van der Waals surface area contributed by atoms with Gasteiger partial charge in [-0.2, -0.15) is 0 Å². The summed E-state index contributed by atoms with van der Waals surface area (Å²) in [7, 11) is 0. The van der Waals surface area contributed by atoms with Gasteiger partial charge in [0, 0.05) is 12.5 Å². The van der Waals surface area contributed by atoms with Crippen LogP contribution in [0.5, 0.6) is 0 Å². The fourth-order valence-corrected chi connectivity index (χ4v) is 4.87. The number of morpholine rings is 1. The summed E-state index contributed by atoms with van der Waals surface area (Å²) in [5.74, 6) is 0.347. The number of aliphatic hydroxyl groups is 1. The van der Waals surface area contributed by atoms with Crippen LogP contribution in [0.25, 0.3) is 11.1 Å². The van der Waals surface area contributed by atoms with E-state index in [4.69, 9.17) is 9.47 Å². The van der Waals surface area contributed by atoms with Gasteiger partial charge in [-0.25, -0.2) is 4.79 Å². The number of nitrogens with zero attached hydrogens (tertiary/aromatic N) is 1. The summed E-state index contributed by atoms with van der Waals surface area (Å²) in [6, 6.07) is 16.6. The van der Waals surface area contributed by atoms with Gasteiger partial charge in [0.05, 0.1) is 25.4 Å². The van der Waals surface area contributed by atoms with E-state index in [2.05, 4.69) is 24.3 Å². The number of benzene rings is 2. The molecule has 2 aliphatic carbocycles. The van der Waals surface area contributed by atoms with Crippen molar-refractivity contribution in [1.29, 1.82) is 0 Å². The molecule has 1 N–H and O–H groups in total. The van der Waals surface area contributed by atoms with Gasteiger partial charge in [0.1, 0.15) is 6.61 Å². The van der Waals surface area contributed by atoms with E-state index in [1.165, 1.54) is 22.3 Å². The Balaban J connectivity index is 1.37. The van der Waals surface area contributed by atoms with Gasteiger partial charge < -0.3 is 14.6 Å². The fourth-order valence-electron chi connectivity index (χ4n) is 4.87. The van der Waals surface area contributed by atoms with Crippen LogP contribution in [0.1, 0.15) is 29.9 Å². The molecule has 5 rings (SSSR count). The van der Waals surface area contributed by atoms with Gasteiger partial charge in [0.25, 0.3) is 0 Å². The second-order valence-electron chi connectivity index (χ2n) is 8.04. The third kappa shape index (κ3) is 2.73. The van der Waals surface area contributed by atoms with Gasteiger partial charge in [-0.3, -0.25) is 4.90 Å². The van der Waals surface area contributed by atoms with E-state index >= 15 is 0 Å². The number of hydrogen-bond acceptors (Lipinski definition) is 4. The number of amides is 1. The van der Waals surface area contributed by atoms with Crippen molar-refractivity contribution in [3.05, 3.63) is 59.7 Å². The number of fused-ring (bicyclic) bond motifs is 3. The molecular formula is C23H25NO4. The predicted octanol–water partition coefficient (Wildman–Crippen LogP) is 3.41. The Kier molecular flexibility index (Phi) is 4.37. The molecule has 1 atom stereocenters. The molecule has 0 bridgehead atoms. The van der Waals surface area contributed by atoms with Crippen LogP contribution in [0.2, 0.25) is 0 Å². The Labute approximate surface area is 164 Å². The molecular weight excluding hydrogens is 354 g/mol. The Morgan fingerprint density at radius 3 is 2.36 bits per heavy atom. The van der Waals surface area contributed by atoms with Crippen LogP contribution in [-0.2, 0) is 9.47 Å². The maximum Gasteiger partial charge on any atom is 0.410 e. The van der Waals surface area contributed by atoms with E-state index in [-0.39, 0.29) is 18.6 Å². The van der Waals surface area contributed by atoms with Crippen LogP contribution in [0.4, 0.5) is 4.79 Å². The Morgan fingerprint density at radius 1 is 1.11 bits per heavy atom. The second-order valence-corrected chi connectivity index (χ2v) is 8.04. The molecule has 1 heterocycles. The first kappa shape index (κ1) is 17.7. The van der Waals surface area contributed by atoms with Crippen LogP contribution in [0.3, 0.4) is 0 Å². The van der Waals surface area contributed by atoms with Gasteiger partial charge in [-0.15, -0.1) is 0 Å². The number of carbonyl (C=O) groups is 1. The van der Waals surface area contributed by atoms with Crippen molar-refractivity contribution in [2.24, 2.45) is 5.92 Å². The quantitative estimate of drug-likeness (QED) is 0.885. The van der Waals surface area contributed by atoms with Crippen LogP contribution in [0.15, 0.2) is 48.5 Å². The zero-order valence-corrected chi connectivity index (χ0v) is 15.8. The van der Waals surface area contributed by atoms with Crippen LogP contribution >= 0.6 is 0 Å². The Hall–Kier alpha value is -2.37. The number of aliphatic hydroxyl groups excluding tert-OH is 1. The number of carbonyl (C=O) groups excluding carboxylic acids is 1. The van der Waals surface area contributed by atoms with E-state index in [1.807, 2.05) is 24.3 Å². The fraction of sp³-hybridized carbons (Fsp3) is 0.435. The third-order valence-electron chi connectivity index (χ3n) is 6.52. The van der Waals surface area contributed by atoms with Gasteiger partial charge >= 0.3 is 6.09 Å². The van der Waals surface area contributed by atoms with E-state index in [1.54, 1.807) is 4.90 Å². The largest absolute Gasteiger partial charge is 0.448 e. The van der Waals surface area contributed by atoms with Crippen LogP contribution < -0.4 is 0 Å². The zero-order chi connectivity index (χ0) is 19.1. The Morgan fingerprint density at radius 2 is 1.75 bits per heavy atom. The number of rotatable bonds is 4. The van der Waals surface area contributed by atoms with Crippen molar-refractivity contribution in [2.75, 3.05) is 33.0 Å². The smallest absolute Gasteiger partial charge is 0.410 e. The summed E-state index contributed by atoms with van der Waals surface area (Å²) in [6.07, 6.45) is 1.71. The maximum absolute atomic E-state index is 13.0. The molecule has 2 aromatic rings. The molecule has 0 aromatic heterocycles. The van der Waals surface area contributed by atoms with Crippen LogP contribution in [-0.4, -0.2) is 54.6 Å². The second kappa shape index (κ2) is 6.90. The molecule has 5 heteroatoms. The van der Waals surface area contributed by atoms with Gasteiger partial charge in [-0.05, 0) is 41.0 Å². The SMILES string of the molecule is O=C(OCC1c2ccccc2-c2ccccc21)N1CCOCC1(CO)C1CC1. The van der Waals surface area contributed by atoms with Crippen molar-refractivity contribution < 1.29 is 19.4 Å².